The Hall–Kier alpha value is -2.71. The minimum absolute atomic E-state index is 0.0309. The molecule has 0 amide bonds. The van der Waals surface area contributed by atoms with Crippen molar-refractivity contribution in [3.8, 4) is 5.75 Å². The van der Waals surface area contributed by atoms with E-state index in [4.69, 9.17) is 27.9 Å². The van der Waals surface area contributed by atoms with Crippen molar-refractivity contribution in [3.63, 3.8) is 0 Å². The molecule has 9 heteroatoms. The van der Waals surface area contributed by atoms with Crippen molar-refractivity contribution in [2.45, 2.75) is 18.9 Å². The fourth-order valence-corrected chi connectivity index (χ4v) is 4.59. The number of Topliss-reactive ketones (excluding diaryl/α,β-unsaturated/α-hetero) is 1. The predicted octanol–water partition coefficient (Wildman–Crippen LogP) is 5.65. The summed E-state index contributed by atoms with van der Waals surface area (Å²) >= 11 is 12.1. The molecule has 0 radical (unpaired) electrons. The highest BCUT2D eigenvalue weighted by atomic mass is 35.5. The number of rotatable bonds is 10. The first kappa shape index (κ1) is 27.3. The lowest BCUT2D eigenvalue weighted by atomic mass is 10.0. The number of aliphatic hydroxyl groups excluding tert-OH is 1. The predicted molar refractivity (Wildman–Crippen MR) is 142 cm³/mol. The number of nitrogens with zero attached hydrogens (tertiary/aromatic N) is 2. The smallest absolute Gasteiger partial charge is 0.167 e. The Balaban J connectivity index is 1.27. The molecule has 3 aromatic rings. The Morgan fingerprint density at radius 3 is 2.32 bits per heavy atom. The van der Waals surface area contributed by atoms with Gasteiger partial charge in [0.15, 0.2) is 5.78 Å². The van der Waals surface area contributed by atoms with E-state index in [-0.39, 0.29) is 35.9 Å². The van der Waals surface area contributed by atoms with E-state index < -0.39 is 11.9 Å². The number of carbonyl (C=O) groups excluding carboxylic acids is 1. The molecule has 0 aromatic heterocycles. The van der Waals surface area contributed by atoms with Gasteiger partial charge in [0.1, 0.15) is 30.1 Å². The summed E-state index contributed by atoms with van der Waals surface area (Å²) in [5.74, 6) is -0.943. The Bertz CT molecular complexity index is 1220. The fraction of sp³-hybridized carbons (Fsp3) is 0.321. The molecule has 1 aliphatic heterocycles. The highest BCUT2D eigenvalue weighted by molar-refractivity contribution is 6.42. The van der Waals surface area contributed by atoms with E-state index >= 15 is 0 Å². The largest absolute Gasteiger partial charge is 0.490 e. The minimum Gasteiger partial charge on any atom is -0.490 e. The van der Waals surface area contributed by atoms with Gasteiger partial charge in [-0.2, -0.15) is 0 Å². The number of benzene rings is 3. The zero-order valence-electron chi connectivity index (χ0n) is 20.2. The second kappa shape index (κ2) is 12.7. The van der Waals surface area contributed by atoms with Crippen LogP contribution in [0, 0.1) is 11.6 Å². The first-order valence-corrected chi connectivity index (χ1v) is 12.8. The van der Waals surface area contributed by atoms with Crippen LogP contribution in [-0.4, -0.2) is 61.2 Å². The van der Waals surface area contributed by atoms with Crippen molar-refractivity contribution in [3.05, 3.63) is 93.5 Å². The molecule has 196 valence electrons. The summed E-state index contributed by atoms with van der Waals surface area (Å²) in [6, 6.07) is 15.3. The van der Waals surface area contributed by atoms with E-state index in [2.05, 4.69) is 9.80 Å². The van der Waals surface area contributed by atoms with Gasteiger partial charge >= 0.3 is 0 Å². The highest BCUT2D eigenvalue weighted by Gasteiger charge is 2.21. The molecule has 1 heterocycles. The van der Waals surface area contributed by atoms with Crippen LogP contribution in [0.15, 0.2) is 60.7 Å². The van der Waals surface area contributed by atoms with E-state index in [0.29, 0.717) is 23.0 Å². The summed E-state index contributed by atoms with van der Waals surface area (Å²) in [4.78, 5) is 17.1. The molecular weight excluding hydrogens is 521 g/mol. The van der Waals surface area contributed by atoms with E-state index in [1.54, 1.807) is 18.2 Å². The molecule has 1 aliphatic rings. The van der Waals surface area contributed by atoms with E-state index in [9.17, 15) is 18.7 Å². The first-order chi connectivity index (χ1) is 17.8. The third kappa shape index (κ3) is 7.65. The molecule has 5 nitrogen and oxygen atoms in total. The van der Waals surface area contributed by atoms with Gasteiger partial charge in [-0.25, -0.2) is 8.78 Å². The molecule has 3 aromatic carbocycles. The number of hydrogen-bond acceptors (Lipinski definition) is 5. The van der Waals surface area contributed by atoms with E-state index in [1.807, 2.05) is 12.1 Å². The minimum atomic E-state index is -0.788. The maximum Gasteiger partial charge on any atom is 0.167 e. The molecule has 4 rings (SSSR count). The molecule has 1 atom stereocenters. The van der Waals surface area contributed by atoms with Gasteiger partial charge in [0, 0.05) is 44.8 Å². The summed E-state index contributed by atoms with van der Waals surface area (Å²) in [5, 5.41) is 11.6. The third-order valence-electron chi connectivity index (χ3n) is 6.34. The molecular formula is C28H28Cl2F2N2O3. The Kier molecular flexibility index (Phi) is 9.38. The van der Waals surface area contributed by atoms with Crippen LogP contribution in [-0.2, 0) is 6.42 Å². The van der Waals surface area contributed by atoms with Crippen molar-refractivity contribution >= 4 is 34.7 Å². The maximum atomic E-state index is 13.9. The lowest BCUT2D eigenvalue weighted by molar-refractivity contribution is 0.0655. The van der Waals surface area contributed by atoms with Gasteiger partial charge in [-0.1, -0.05) is 35.3 Å². The van der Waals surface area contributed by atoms with Crippen LogP contribution in [0.5, 0.6) is 5.75 Å². The van der Waals surface area contributed by atoms with Gasteiger partial charge in [-0.05, 0) is 60.5 Å². The van der Waals surface area contributed by atoms with Crippen LogP contribution in [0.3, 0.4) is 0 Å². The maximum absolute atomic E-state index is 13.9. The third-order valence-corrected chi connectivity index (χ3v) is 7.08. The van der Waals surface area contributed by atoms with Crippen LogP contribution >= 0.6 is 23.2 Å². The van der Waals surface area contributed by atoms with Gasteiger partial charge in [0.25, 0.3) is 0 Å². The summed E-state index contributed by atoms with van der Waals surface area (Å²) in [6.07, 6.45) is -0.271. The number of aryl methyl sites for hydroxylation is 1. The van der Waals surface area contributed by atoms with Gasteiger partial charge in [-0.3, -0.25) is 9.69 Å². The lowest BCUT2D eigenvalue weighted by Gasteiger charge is -2.37. The van der Waals surface area contributed by atoms with Crippen LogP contribution < -0.4 is 9.64 Å². The number of halogens is 4. The number of carbonyl (C=O) groups is 1. The topological polar surface area (TPSA) is 53.0 Å². The molecule has 1 saturated heterocycles. The van der Waals surface area contributed by atoms with Crippen molar-refractivity contribution in [2.75, 3.05) is 44.2 Å². The van der Waals surface area contributed by atoms with Crippen LogP contribution in [0.1, 0.15) is 22.3 Å². The SMILES string of the molecule is O=C(CCc1ccc(F)cc1)c1cc(F)ccc1OCC(O)CN1CCN(c2ccc(Cl)c(Cl)c2)CC1. The van der Waals surface area contributed by atoms with Gasteiger partial charge in [0.05, 0.1) is 15.6 Å². The average molecular weight is 549 g/mol. The number of ketones is 1. The highest BCUT2D eigenvalue weighted by Crippen LogP contribution is 2.28. The summed E-state index contributed by atoms with van der Waals surface area (Å²) in [5.41, 5.74) is 1.94. The van der Waals surface area contributed by atoms with Crippen molar-refractivity contribution in [2.24, 2.45) is 0 Å². The monoisotopic (exact) mass is 548 g/mol. The number of β-amino-alcohol motifs (C(OH)–C–C–N with tert-alkyl or cyclic N) is 1. The van der Waals surface area contributed by atoms with Crippen LogP contribution in [0.25, 0.3) is 0 Å². The fourth-order valence-electron chi connectivity index (χ4n) is 4.30. The number of piperazine rings is 1. The quantitative estimate of drug-likeness (QED) is 0.332. The first-order valence-electron chi connectivity index (χ1n) is 12.1. The summed E-state index contributed by atoms with van der Waals surface area (Å²) in [6.45, 7) is 3.43. The molecule has 0 saturated carbocycles. The van der Waals surface area contributed by atoms with Crippen LogP contribution in [0.2, 0.25) is 10.0 Å². The standard InChI is InChI=1S/C28H28Cl2F2N2O3/c29-25-8-7-22(16-26(25)30)34-13-11-33(12-14-34)17-23(35)18-37-28-10-6-21(32)15-24(28)27(36)9-3-19-1-4-20(31)5-2-19/h1-2,4-8,10,15-16,23,35H,3,9,11-14,17-18H2. The molecule has 0 aliphatic carbocycles. The molecule has 37 heavy (non-hydrogen) atoms. The van der Waals surface area contributed by atoms with Crippen molar-refractivity contribution in [1.82, 2.24) is 4.90 Å². The molecule has 1 N–H and O–H groups in total. The van der Waals surface area contributed by atoms with Crippen molar-refractivity contribution in [1.29, 1.82) is 0 Å². The average Bonchev–Trinajstić information content (AvgIpc) is 2.89. The van der Waals surface area contributed by atoms with E-state index in [0.717, 1.165) is 43.5 Å². The zero-order valence-corrected chi connectivity index (χ0v) is 21.7. The second-order valence-corrected chi connectivity index (χ2v) is 9.86. The summed E-state index contributed by atoms with van der Waals surface area (Å²) in [7, 11) is 0. The van der Waals surface area contributed by atoms with Gasteiger partial charge < -0.3 is 14.7 Å². The second-order valence-electron chi connectivity index (χ2n) is 9.04. The number of hydrogen-bond donors (Lipinski definition) is 1. The Morgan fingerprint density at radius 2 is 1.62 bits per heavy atom. The normalized spacial score (nSPS) is 15.0. The lowest BCUT2D eigenvalue weighted by Crippen LogP contribution is -2.49. The molecule has 0 bridgehead atoms. The van der Waals surface area contributed by atoms with Gasteiger partial charge in [-0.15, -0.1) is 0 Å². The zero-order chi connectivity index (χ0) is 26.4. The number of ether oxygens (including phenoxy) is 1. The Labute approximate surface area is 225 Å². The Morgan fingerprint density at radius 1 is 0.919 bits per heavy atom. The van der Waals surface area contributed by atoms with E-state index in [1.165, 1.54) is 24.3 Å². The number of aliphatic hydroxyl groups is 1. The van der Waals surface area contributed by atoms with Crippen molar-refractivity contribution < 1.29 is 23.4 Å². The molecule has 1 fully saturated rings. The molecule has 0 spiro atoms. The molecule has 1 unspecified atom stereocenters. The number of anilines is 1. The van der Waals surface area contributed by atoms with Gasteiger partial charge in [0.2, 0.25) is 0 Å². The summed E-state index contributed by atoms with van der Waals surface area (Å²) < 4.78 is 32.7. The van der Waals surface area contributed by atoms with Crippen LogP contribution in [0.4, 0.5) is 14.5 Å².